The zero-order chi connectivity index (χ0) is 18.5. The number of rotatable bonds is 2. The topological polar surface area (TPSA) is 65.4 Å². The summed E-state index contributed by atoms with van der Waals surface area (Å²) in [4.78, 5) is 20.3. The Morgan fingerprint density at radius 2 is 1.67 bits per heavy atom. The Morgan fingerprint density at radius 1 is 0.926 bits per heavy atom. The van der Waals surface area contributed by atoms with Gasteiger partial charge in [0.15, 0.2) is 5.88 Å². The summed E-state index contributed by atoms with van der Waals surface area (Å²) in [6.07, 6.45) is 0. The molecule has 0 fully saturated rings. The van der Waals surface area contributed by atoms with Gasteiger partial charge in [-0.1, -0.05) is 48.0 Å². The number of benzene rings is 3. The molecule has 1 aliphatic heterocycles. The molecule has 0 spiro atoms. The highest BCUT2D eigenvalue weighted by atomic mass is 16.3. The van der Waals surface area contributed by atoms with Crippen LogP contribution in [0, 0.1) is 6.92 Å². The van der Waals surface area contributed by atoms with Crippen molar-refractivity contribution in [1.29, 1.82) is 0 Å². The van der Waals surface area contributed by atoms with Gasteiger partial charge in [0, 0.05) is 16.5 Å². The van der Waals surface area contributed by atoms with E-state index in [-0.39, 0.29) is 17.4 Å². The normalized spacial score (nSPS) is 13.1. The molecule has 0 radical (unpaired) electrons. The molecule has 27 heavy (non-hydrogen) atoms. The lowest BCUT2D eigenvalue weighted by molar-refractivity contribution is 0.107. The molecule has 0 aliphatic carbocycles. The van der Waals surface area contributed by atoms with Gasteiger partial charge in [0.1, 0.15) is 5.71 Å². The van der Waals surface area contributed by atoms with Crippen LogP contribution in [0.3, 0.4) is 0 Å². The molecule has 3 aromatic carbocycles. The quantitative estimate of drug-likeness (QED) is 0.523. The summed E-state index contributed by atoms with van der Waals surface area (Å²) in [6, 6.07) is 21.4. The van der Waals surface area contributed by atoms with Crippen LogP contribution in [0.15, 0.2) is 71.7 Å². The Bertz CT molecular complexity index is 1250. The highest BCUT2D eigenvalue weighted by molar-refractivity contribution is 6.56. The van der Waals surface area contributed by atoms with Gasteiger partial charge in [-0.25, -0.2) is 4.99 Å². The molecule has 1 aromatic heterocycles. The van der Waals surface area contributed by atoms with Crippen LogP contribution < -0.4 is 0 Å². The number of aromatic amines is 1. The second-order valence-corrected chi connectivity index (χ2v) is 6.78. The second-order valence-electron chi connectivity index (χ2n) is 6.78. The van der Waals surface area contributed by atoms with Crippen LogP contribution in [0.1, 0.15) is 21.5 Å². The summed E-state index contributed by atoms with van der Waals surface area (Å²) in [6.45, 7) is 2.05. The standard InChI is InChI=1S/C23H16N2O2/c1-13-6-8-14(9-7-13)15-10-11-19-17(12-15)20(23(27)25-19)21-22(26)16-4-2-3-5-18(16)24-21/h2-12,25,27H,1H3. The highest BCUT2D eigenvalue weighted by Crippen LogP contribution is 2.36. The van der Waals surface area contributed by atoms with E-state index < -0.39 is 0 Å². The van der Waals surface area contributed by atoms with E-state index in [1.165, 1.54) is 5.56 Å². The fourth-order valence-corrected chi connectivity index (χ4v) is 3.57. The van der Waals surface area contributed by atoms with Gasteiger partial charge in [-0.3, -0.25) is 4.79 Å². The maximum absolute atomic E-state index is 12.8. The first-order chi connectivity index (χ1) is 13.1. The number of hydrogen-bond acceptors (Lipinski definition) is 3. The number of para-hydroxylation sites is 1. The Hall–Kier alpha value is -3.66. The summed E-state index contributed by atoms with van der Waals surface area (Å²) in [5, 5.41) is 11.3. The van der Waals surface area contributed by atoms with E-state index in [1.54, 1.807) is 6.07 Å². The molecule has 130 valence electrons. The number of nitrogens with zero attached hydrogens (tertiary/aromatic N) is 1. The van der Waals surface area contributed by atoms with Gasteiger partial charge in [0.2, 0.25) is 5.78 Å². The van der Waals surface area contributed by atoms with Crippen molar-refractivity contribution in [2.75, 3.05) is 0 Å². The van der Waals surface area contributed by atoms with E-state index in [4.69, 9.17) is 0 Å². The molecule has 0 atom stereocenters. The molecular formula is C23H16N2O2. The van der Waals surface area contributed by atoms with Crippen LogP contribution in [0.2, 0.25) is 0 Å². The highest BCUT2D eigenvalue weighted by Gasteiger charge is 2.29. The van der Waals surface area contributed by atoms with E-state index >= 15 is 0 Å². The third-order valence-electron chi connectivity index (χ3n) is 5.00. The zero-order valence-electron chi connectivity index (χ0n) is 14.7. The monoisotopic (exact) mass is 352 g/mol. The van der Waals surface area contributed by atoms with Gasteiger partial charge in [-0.15, -0.1) is 0 Å². The number of carbonyl (C=O) groups is 1. The van der Waals surface area contributed by atoms with Gasteiger partial charge < -0.3 is 10.1 Å². The first-order valence-corrected chi connectivity index (χ1v) is 8.76. The van der Waals surface area contributed by atoms with Crippen molar-refractivity contribution in [1.82, 2.24) is 4.98 Å². The number of hydrogen-bond donors (Lipinski definition) is 2. The van der Waals surface area contributed by atoms with Crippen molar-refractivity contribution >= 4 is 28.1 Å². The van der Waals surface area contributed by atoms with Crippen molar-refractivity contribution in [2.45, 2.75) is 6.92 Å². The van der Waals surface area contributed by atoms with Gasteiger partial charge in [0.25, 0.3) is 0 Å². The van der Waals surface area contributed by atoms with Crippen LogP contribution in [-0.2, 0) is 0 Å². The van der Waals surface area contributed by atoms with E-state index in [2.05, 4.69) is 41.2 Å². The average Bonchev–Trinajstić information content (AvgIpc) is 3.18. The number of ketones is 1. The molecule has 1 aliphatic rings. The van der Waals surface area contributed by atoms with Crippen molar-refractivity contribution < 1.29 is 9.90 Å². The Morgan fingerprint density at radius 3 is 2.44 bits per heavy atom. The Kier molecular flexibility index (Phi) is 3.28. The number of aliphatic imine (C=N–C) groups is 1. The summed E-state index contributed by atoms with van der Waals surface area (Å²) < 4.78 is 0. The summed E-state index contributed by atoms with van der Waals surface area (Å²) in [7, 11) is 0. The first kappa shape index (κ1) is 15.6. The zero-order valence-corrected chi connectivity index (χ0v) is 14.7. The molecule has 0 unspecified atom stereocenters. The smallest absolute Gasteiger partial charge is 0.214 e. The number of carbonyl (C=O) groups excluding carboxylic acids is 1. The maximum Gasteiger partial charge on any atom is 0.214 e. The molecule has 4 nitrogen and oxygen atoms in total. The van der Waals surface area contributed by atoms with Gasteiger partial charge in [-0.2, -0.15) is 0 Å². The molecule has 4 aromatic rings. The van der Waals surface area contributed by atoms with Crippen molar-refractivity contribution in [3.8, 4) is 17.0 Å². The number of nitrogens with one attached hydrogen (secondary N) is 1. The van der Waals surface area contributed by atoms with Crippen molar-refractivity contribution in [2.24, 2.45) is 4.99 Å². The number of Topliss-reactive ketones (excluding diaryl/α,β-unsaturated/α-hetero) is 1. The van der Waals surface area contributed by atoms with Crippen molar-refractivity contribution in [3.05, 3.63) is 83.4 Å². The minimum absolute atomic E-state index is 0.0361. The summed E-state index contributed by atoms with van der Waals surface area (Å²) in [5.74, 6) is -0.200. The predicted molar refractivity (Wildman–Crippen MR) is 107 cm³/mol. The first-order valence-electron chi connectivity index (χ1n) is 8.76. The Labute approximate surface area is 155 Å². The molecule has 5 rings (SSSR count). The SMILES string of the molecule is Cc1ccc(-c2ccc3[nH]c(O)c(C4=Nc5ccccc5C4=O)c3c2)cc1. The van der Waals surface area contributed by atoms with E-state index in [0.29, 0.717) is 16.8 Å². The maximum atomic E-state index is 12.8. The number of aromatic nitrogens is 1. The lowest BCUT2D eigenvalue weighted by Crippen LogP contribution is -2.10. The molecule has 2 N–H and O–H groups in total. The predicted octanol–water partition coefficient (Wildman–Crippen LogP) is 5.17. The molecule has 2 heterocycles. The molecule has 0 saturated heterocycles. The minimum Gasteiger partial charge on any atom is -0.494 e. The van der Waals surface area contributed by atoms with Crippen LogP contribution in [0.5, 0.6) is 5.88 Å². The van der Waals surface area contributed by atoms with Gasteiger partial charge in [0.05, 0.1) is 11.3 Å². The lowest BCUT2D eigenvalue weighted by Gasteiger charge is -2.04. The molecule has 0 saturated carbocycles. The van der Waals surface area contributed by atoms with Crippen LogP contribution in [0.25, 0.3) is 22.0 Å². The number of H-pyrrole nitrogens is 1. The van der Waals surface area contributed by atoms with E-state index in [0.717, 1.165) is 22.0 Å². The van der Waals surface area contributed by atoms with Crippen LogP contribution in [-0.4, -0.2) is 21.6 Å². The number of fused-ring (bicyclic) bond motifs is 2. The Balaban J connectivity index is 1.69. The van der Waals surface area contributed by atoms with Crippen LogP contribution in [0.4, 0.5) is 5.69 Å². The fourth-order valence-electron chi connectivity index (χ4n) is 3.57. The lowest BCUT2D eigenvalue weighted by atomic mass is 9.98. The third-order valence-corrected chi connectivity index (χ3v) is 5.00. The van der Waals surface area contributed by atoms with E-state index in [9.17, 15) is 9.90 Å². The van der Waals surface area contributed by atoms with Crippen LogP contribution >= 0.6 is 0 Å². The van der Waals surface area contributed by atoms with E-state index in [1.807, 2.05) is 36.4 Å². The number of aromatic hydroxyl groups is 1. The third kappa shape index (κ3) is 2.38. The molecule has 0 amide bonds. The average molecular weight is 352 g/mol. The largest absolute Gasteiger partial charge is 0.494 e. The van der Waals surface area contributed by atoms with Gasteiger partial charge >= 0.3 is 0 Å². The molecular weight excluding hydrogens is 336 g/mol. The fraction of sp³-hybridized carbons (Fsp3) is 0.0435. The van der Waals surface area contributed by atoms with Crippen molar-refractivity contribution in [3.63, 3.8) is 0 Å². The summed E-state index contributed by atoms with van der Waals surface area (Å²) in [5.41, 5.74) is 6.01. The number of aryl methyl sites for hydroxylation is 1. The van der Waals surface area contributed by atoms with Gasteiger partial charge in [-0.05, 0) is 42.3 Å². The molecule has 0 bridgehead atoms. The summed E-state index contributed by atoms with van der Waals surface area (Å²) >= 11 is 0. The minimum atomic E-state index is -0.164. The molecule has 4 heteroatoms. The second kappa shape index (κ2) is 5.68.